The summed E-state index contributed by atoms with van der Waals surface area (Å²) in [6, 6.07) is 7.25. The van der Waals surface area contributed by atoms with Gasteiger partial charge in [0.15, 0.2) is 5.69 Å². The van der Waals surface area contributed by atoms with Gasteiger partial charge in [-0.05, 0) is 52.0 Å². The van der Waals surface area contributed by atoms with Gasteiger partial charge < -0.3 is 14.8 Å². The lowest BCUT2D eigenvalue weighted by atomic mass is 10.1. The van der Waals surface area contributed by atoms with Crippen molar-refractivity contribution >= 4 is 5.97 Å². The van der Waals surface area contributed by atoms with E-state index >= 15 is 0 Å². The maximum atomic E-state index is 11.2. The monoisotopic (exact) mass is 274 g/mol. The zero-order chi connectivity index (χ0) is 14.9. The summed E-state index contributed by atoms with van der Waals surface area (Å²) in [6.45, 7) is 7.65. The van der Waals surface area contributed by atoms with Crippen molar-refractivity contribution in [1.29, 1.82) is 0 Å². The number of hydrogen-bond acceptors (Lipinski definition) is 3. The number of aromatic amines is 1. The van der Waals surface area contributed by atoms with Gasteiger partial charge in [-0.25, -0.2) is 9.78 Å². The van der Waals surface area contributed by atoms with Gasteiger partial charge in [0, 0.05) is 5.56 Å². The Morgan fingerprint density at radius 1 is 1.25 bits per heavy atom. The molecule has 2 rings (SSSR count). The predicted octanol–water partition coefficient (Wildman–Crippen LogP) is 3.26. The van der Waals surface area contributed by atoms with Crippen molar-refractivity contribution in [2.45, 2.75) is 33.3 Å². The number of ether oxygens (including phenoxy) is 1. The Labute approximate surface area is 117 Å². The second-order valence-electron chi connectivity index (χ2n) is 5.59. The summed E-state index contributed by atoms with van der Waals surface area (Å²) in [6.07, 6.45) is 0. The zero-order valence-corrected chi connectivity index (χ0v) is 12.0. The summed E-state index contributed by atoms with van der Waals surface area (Å²) in [5, 5.41) is 9.15. The number of carboxylic acids is 1. The molecule has 0 spiro atoms. The average Bonchev–Trinajstić information content (AvgIpc) is 2.70. The van der Waals surface area contributed by atoms with Gasteiger partial charge in [-0.3, -0.25) is 0 Å². The molecule has 2 aromatic rings. The van der Waals surface area contributed by atoms with E-state index in [9.17, 15) is 4.79 Å². The quantitative estimate of drug-likeness (QED) is 0.900. The number of hydrogen-bond donors (Lipinski definition) is 2. The standard InChI is InChI=1S/C15H18N2O3/c1-9-16-12(13(17-9)14(18)19)10-5-7-11(8-6-10)20-15(2,3)4/h5-8H,1-4H3,(H,16,17)(H,18,19). The van der Waals surface area contributed by atoms with Crippen LogP contribution in [-0.2, 0) is 0 Å². The lowest BCUT2D eigenvalue weighted by Crippen LogP contribution is -2.22. The van der Waals surface area contributed by atoms with E-state index in [0.717, 1.165) is 11.3 Å². The van der Waals surface area contributed by atoms with Gasteiger partial charge in [0.05, 0.1) is 0 Å². The van der Waals surface area contributed by atoms with Crippen LogP contribution in [0.5, 0.6) is 5.75 Å². The van der Waals surface area contributed by atoms with Crippen molar-refractivity contribution in [3.8, 4) is 17.0 Å². The Kier molecular flexibility index (Phi) is 3.53. The largest absolute Gasteiger partial charge is 0.488 e. The Morgan fingerprint density at radius 2 is 1.85 bits per heavy atom. The molecule has 0 saturated carbocycles. The number of aryl methyl sites for hydroxylation is 1. The summed E-state index contributed by atoms with van der Waals surface area (Å²) < 4.78 is 5.73. The van der Waals surface area contributed by atoms with Gasteiger partial charge in [-0.2, -0.15) is 0 Å². The summed E-state index contributed by atoms with van der Waals surface area (Å²) in [5.74, 6) is 0.299. The molecule has 20 heavy (non-hydrogen) atoms. The molecule has 106 valence electrons. The van der Waals surface area contributed by atoms with E-state index in [1.807, 2.05) is 45.0 Å². The van der Waals surface area contributed by atoms with Crippen LogP contribution in [0.2, 0.25) is 0 Å². The molecule has 0 amide bonds. The summed E-state index contributed by atoms with van der Waals surface area (Å²) >= 11 is 0. The molecule has 0 atom stereocenters. The molecule has 0 aliphatic carbocycles. The fraction of sp³-hybridized carbons (Fsp3) is 0.333. The van der Waals surface area contributed by atoms with Crippen molar-refractivity contribution < 1.29 is 14.6 Å². The Hall–Kier alpha value is -2.30. The third-order valence-electron chi connectivity index (χ3n) is 2.59. The number of nitrogens with one attached hydrogen (secondary N) is 1. The molecule has 0 fully saturated rings. The van der Waals surface area contributed by atoms with E-state index < -0.39 is 5.97 Å². The van der Waals surface area contributed by atoms with Gasteiger partial charge in [0.1, 0.15) is 22.9 Å². The molecule has 5 nitrogen and oxygen atoms in total. The number of aromatic nitrogens is 2. The van der Waals surface area contributed by atoms with E-state index in [1.165, 1.54) is 0 Å². The topological polar surface area (TPSA) is 75.2 Å². The molecule has 1 aromatic heterocycles. The second kappa shape index (κ2) is 5.00. The second-order valence-corrected chi connectivity index (χ2v) is 5.59. The number of nitrogens with zero attached hydrogens (tertiary/aromatic N) is 1. The number of H-pyrrole nitrogens is 1. The predicted molar refractivity (Wildman–Crippen MR) is 76.1 cm³/mol. The van der Waals surface area contributed by atoms with Crippen molar-refractivity contribution in [3.63, 3.8) is 0 Å². The normalized spacial score (nSPS) is 11.4. The molecule has 0 radical (unpaired) electrons. The SMILES string of the molecule is Cc1nc(-c2ccc(OC(C)(C)C)cc2)c(C(=O)O)[nH]1. The first-order chi connectivity index (χ1) is 9.26. The number of benzene rings is 1. The first-order valence-corrected chi connectivity index (χ1v) is 6.35. The number of carboxylic acid groups (broad SMARTS) is 1. The van der Waals surface area contributed by atoms with E-state index in [0.29, 0.717) is 11.5 Å². The van der Waals surface area contributed by atoms with Gasteiger partial charge in [-0.1, -0.05) is 0 Å². The van der Waals surface area contributed by atoms with Crippen LogP contribution in [-0.4, -0.2) is 26.6 Å². The van der Waals surface area contributed by atoms with Crippen LogP contribution in [0.15, 0.2) is 24.3 Å². The molecular weight excluding hydrogens is 256 g/mol. The van der Waals surface area contributed by atoms with Gasteiger partial charge >= 0.3 is 5.97 Å². The molecule has 2 N–H and O–H groups in total. The molecule has 0 aliphatic rings. The lowest BCUT2D eigenvalue weighted by Gasteiger charge is -2.21. The third-order valence-corrected chi connectivity index (χ3v) is 2.59. The van der Waals surface area contributed by atoms with Crippen molar-refractivity contribution in [2.24, 2.45) is 0 Å². The van der Waals surface area contributed by atoms with E-state index in [1.54, 1.807) is 6.92 Å². The van der Waals surface area contributed by atoms with Crippen LogP contribution >= 0.6 is 0 Å². The average molecular weight is 274 g/mol. The number of rotatable bonds is 3. The molecule has 1 heterocycles. The van der Waals surface area contributed by atoms with Crippen molar-refractivity contribution in [2.75, 3.05) is 0 Å². The molecule has 1 aromatic carbocycles. The highest BCUT2D eigenvalue weighted by atomic mass is 16.5. The van der Waals surface area contributed by atoms with E-state index in [2.05, 4.69) is 9.97 Å². The smallest absolute Gasteiger partial charge is 0.354 e. The highest BCUT2D eigenvalue weighted by molar-refractivity contribution is 5.93. The fourth-order valence-electron chi connectivity index (χ4n) is 1.89. The van der Waals surface area contributed by atoms with Crippen LogP contribution in [0.25, 0.3) is 11.3 Å². The first-order valence-electron chi connectivity index (χ1n) is 6.35. The number of aromatic carboxylic acids is 1. The van der Waals surface area contributed by atoms with Gasteiger partial charge in [0.25, 0.3) is 0 Å². The fourth-order valence-corrected chi connectivity index (χ4v) is 1.89. The molecule has 0 saturated heterocycles. The Morgan fingerprint density at radius 3 is 2.35 bits per heavy atom. The maximum Gasteiger partial charge on any atom is 0.354 e. The Balaban J connectivity index is 2.33. The molecule has 0 aliphatic heterocycles. The number of carbonyl (C=O) groups is 1. The lowest BCUT2D eigenvalue weighted by molar-refractivity contribution is 0.0692. The summed E-state index contributed by atoms with van der Waals surface area (Å²) in [4.78, 5) is 18.1. The highest BCUT2D eigenvalue weighted by Crippen LogP contribution is 2.25. The molecule has 0 bridgehead atoms. The van der Waals surface area contributed by atoms with E-state index in [4.69, 9.17) is 9.84 Å². The summed E-state index contributed by atoms with van der Waals surface area (Å²) in [5.41, 5.74) is 1.02. The van der Waals surface area contributed by atoms with Crippen LogP contribution < -0.4 is 4.74 Å². The van der Waals surface area contributed by atoms with Gasteiger partial charge in [0.2, 0.25) is 0 Å². The number of imidazole rings is 1. The van der Waals surface area contributed by atoms with Gasteiger partial charge in [-0.15, -0.1) is 0 Å². The molecular formula is C15H18N2O3. The first kappa shape index (κ1) is 14.1. The molecule has 0 unspecified atom stereocenters. The van der Waals surface area contributed by atoms with E-state index in [-0.39, 0.29) is 11.3 Å². The third kappa shape index (κ3) is 3.17. The van der Waals surface area contributed by atoms with Crippen molar-refractivity contribution in [3.05, 3.63) is 35.8 Å². The zero-order valence-electron chi connectivity index (χ0n) is 12.0. The summed E-state index contributed by atoms with van der Waals surface area (Å²) in [7, 11) is 0. The van der Waals surface area contributed by atoms with Crippen LogP contribution in [0.3, 0.4) is 0 Å². The minimum Gasteiger partial charge on any atom is -0.488 e. The maximum absolute atomic E-state index is 11.2. The molecule has 5 heteroatoms. The van der Waals surface area contributed by atoms with Crippen LogP contribution in [0.1, 0.15) is 37.1 Å². The minimum atomic E-state index is -1.02. The van der Waals surface area contributed by atoms with Crippen molar-refractivity contribution in [1.82, 2.24) is 9.97 Å². The highest BCUT2D eigenvalue weighted by Gasteiger charge is 2.17. The minimum absolute atomic E-state index is 0.104. The Bertz CT molecular complexity index is 622. The van der Waals surface area contributed by atoms with Crippen LogP contribution in [0, 0.1) is 6.92 Å². The van der Waals surface area contributed by atoms with Crippen LogP contribution in [0.4, 0.5) is 0 Å².